The summed E-state index contributed by atoms with van der Waals surface area (Å²) in [4.78, 5) is 25.1. The van der Waals surface area contributed by atoms with Gasteiger partial charge in [0.25, 0.3) is 0 Å². The molecule has 31 heavy (non-hydrogen) atoms. The number of aromatic nitrogens is 2. The molecule has 0 N–H and O–H groups in total. The molecule has 2 heterocycles. The molecule has 1 amide bonds. The molecule has 7 heteroatoms. The number of amides is 1. The van der Waals surface area contributed by atoms with E-state index < -0.39 is 0 Å². The van der Waals surface area contributed by atoms with Crippen LogP contribution in [0.5, 0.6) is 5.75 Å². The second kappa shape index (κ2) is 10.4. The number of rotatable bonds is 9. The van der Waals surface area contributed by atoms with E-state index in [9.17, 15) is 4.79 Å². The number of carbonyl (C=O) groups is 1. The maximum atomic E-state index is 13.2. The van der Waals surface area contributed by atoms with Crippen molar-refractivity contribution >= 4 is 44.4 Å². The Balaban J connectivity index is 1.54. The predicted molar refractivity (Wildman–Crippen MR) is 128 cm³/mol. The Kier molecular flexibility index (Phi) is 7.17. The normalized spacial score (nSPS) is 10.9. The van der Waals surface area contributed by atoms with E-state index in [0.29, 0.717) is 30.5 Å². The lowest BCUT2D eigenvalue weighted by atomic mass is 10.2. The van der Waals surface area contributed by atoms with Crippen molar-refractivity contribution in [2.45, 2.75) is 24.8 Å². The van der Waals surface area contributed by atoms with E-state index in [-0.39, 0.29) is 5.91 Å². The van der Waals surface area contributed by atoms with Crippen molar-refractivity contribution < 1.29 is 9.53 Å². The van der Waals surface area contributed by atoms with E-state index in [0.717, 1.165) is 26.4 Å². The van der Waals surface area contributed by atoms with Crippen LogP contribution in [0.3, 0.4) is 0 Å². The van der Waals surface area contributed by atoms with Gasteiger partial charge in [-0.1, -0.05) is 35.6 Å². The molecule has 0 unspecified atom stereocenters. The van der Waals surface area contributed by atoms with E-state index >= 15 is 0 Å². The number of pyridine rings is 1. The van der Waals surface area contributed by atoms with Crippen LogP contribution in [0.2, 0.25) is 0 Å². The third-order valence-corrected chi connectivity index (χ3v) is 6.64. The molecule has 0 aliphatic carbocycles. The molecule has 0 fully saturated rings. The summed E-state index contributed by atoms with van der Waals surface area (Å²) in [6.07, 6.45) is 3.96. The number of hydrogen-bond acceptors (Lipinski definition) is 6. The average Bonchev–Trinajstić information content (AvgIpc) is 3.22. The maximum absolute atomic E-state index is 13.2. The fraction of sp³-hybridized carbons (Fsp3) is 0.208. The van der Waals surface area contributed by atoms with Crippen molar-refractivity contribution in [2.75, 3.05) is 17.3 Å². The van der Waals surface area contributed by atoms with Gasteiger partial charge >= 0.3 is 0 Å². The molecule has 0 atom stereocenters. The maximum Gasteiger partial charge on any atom is 0.229 e. The number of anilines is 1. The fourth-order valence-electron chi connectivity index (χ4n) is 3.11. The lowest BCUT2D eigenvalue weighted by Gasteiger charge is -2.20. The molecule has 0 saturated heterocycles. The number of benzene rings is 2. The highest BCUT2D eigenvalue weighted by Gasteiger charge is 2.20. The number of hydrogen-bond donors (Lipinski definition) is 0. The number of thiazole rings is 1. The first-order valence-electron chi connectivity index (χ1n) is 10.1. The largest absolute Gasteiger partial charge is 0.494 e. The lowest BCUT2D eigenvalue weighted by Crippen LogP contribution is -2.30. The second-order valence-electron chi connectivity index (χ2n) is 6.81. The van der Waals surface area contributed by atoms with E-state index in [1.807, 2.05) is 55.5 Å². The molecule has 0 aliphatic rings. The first kappa shape index (κ1) is 21.3. The van der Waals surface area contributed by atoms with Crippen LogP contribution in [0.15, 0.2) is 78.0 Å². The Morgan fingerprint density at radius 1 is 1.13 bits per heavy atom. The van der Waals surface area contributed by atoms with Gasteiger partial charge in [0.15, 0.2) is 5.13 Å². The molecule has 0 aliphatic heterocycles. The van der Waals surface area contributed by atoms with Gasteiger partial charge in [-0.3, -0.25) is 14.7 Å². The summed E-state index contributed by atoms with van der Waals surface area (Å²) >= 11 is 3.20. The van der Waals surface area contributed by atoms with Crippen LogP contribution in [0.1, 0.15) is 18.9 Å². The zero-order valence-electron chi connectivity index (χ0n) is 17.2. The number of fused-ring (bicyclic) bond motifs is 1. The van der Waals surface area contributed by atoms with Crippen LogP contribution in [0.25, 0.3) is 10.2 Å². The molecule has 2 aromatic carbocycles. The minimum absolute atomic E-state index is 0.0522. The lowest BCUT2D eigenvalue weighted by molar-refractivity contribution is -0.118. The number of ether oxygens (including phenoxy) is 1. The molecule has 4 aromatic rings. The molecule has 4 rings (SSSR count). The molecule has 0 bridgehead atoms. The third kappa shape index (κ3) is 5.62. The van der Waals surface area contributed by atoms with Crippen molar-refractivity contribution in [1.29, 1.82) is 0 Å². The van der Waals surface area contributed by atoms with Crippen LogP contribution >= 0.6 is 23.1 Å². The van der Waals surface area contributed by atoms with E-state index in [2.05, 4.69) is 17.1 Å². The molecule has 0 spiro atoms. The average molecular weight is 450 g/mol. The van der Waals surface area contributed by atoms with Crippen molar-refractivity contribution in [3.63, 3.8) is 0 Å². The quantitative estimate of drug-likeness (QED) is 0.302. The summed E-state index contributed by atoms with van der Waals surface area (Å²) < 4.78 is 6.61. The molecule has 0 radical (unpaired) electrons. The van der Waals surface area contributed by atoms with Crippen LogP contribution in [0.4, 0.5) is 5.13 Å². The Labute approximate surface area is 190 Å². The van der Waals surface area contributed by atoms with Gasteiger partial charge in [-0.15, -0.1) is 11.8 Å². The summed E-state index contributed by atoms with van der Waals surface area (Å²) in [6.45, 7) is 3.02. The van der Waals surface area contributed by atoms with Crippen LogP contribution in [0, 0.1) is 0 Å². The Bertz CT molecular complexity index is 1130. The standard InChI is InChI=1S/C24H23N3O2S2/c1-2-29-19-10-11-21-22(15-19)31-24(26-21)27(17-18-7-6-13-25-16-18)23(28)12-14-30-20-8-4-3-5-9-20/h3-11,13,15-16H,2,12,14,17H2,1H3. The van der Waals surface area contributed by atoms with E-state index in [4.69, 9.17) is 9.72 Å². The minimum Gasteiger partial charge on any atom is -0.494 e. The highest BCUT2D eigenvalue weighted by molar-refractivity contribution is 7.99. The predicted octanol–water partition coefficient (Wildman–Crippen LogP) is 5.81. The summed E-state index contributed by atoms with van der Waals surface area (Å²) in [6, 6.07) is 19.8. The van der Waals surface area contributed by atoms with Gasteiger partial charge in [0.1, 0.15) is 5.75 Å². The first-order valence-corrected chi connectivity index (χ1v) is 11.9. The SMILES string of the molecule is CCOc1ccc2nc(N(Cc3cccnc3)C(=O)CCSc3ccccc3)sc2c1. The van der Waals surface area contributed by atoms with Gasteiger partial charge < -0.3 is 4.74 Å². The van der Waals surface area contributed by atoms with Crippen LogP contribution < -0.4 is 9.64 Å². The Hall–Kier alpha value is -2.90. The van der Waals surface area contributed by atoms with Gasteiger partial charge in [0.2, 0.25) is 5.91 Å². The molecule has 0 saturated carbocycles. The van der Waals surface area contributed by atoms with Crippen LogP contribution in [-0.4, -0.2) is 28.2 Å². The number of nitrogens with zero attached hydrogens (tertiary/aromatic N) is 3. The van der Waals surface area contributed by atoms with Gasteiger partial charge in [-0.2, -0.15) is 0 Å². The highest BCUT2D eigenvalue weighted by Crippen LogP contribution is 2.33. The van der Waals surface area contributed by atoms with Gasteiger partial charge in [-0.05, 0) is 48.9 Å². The van der Waals surface area contributed by atoms with Crippen molar-refractivity contribution in [3.8, 4) is 5.75 Å². The smallest absolute Gasteiger partial charge is 0.229 e. The Morgan fingerprint density at radius 2 is 2.00 bits per heavy atom. The third-order valence-electron chi connectivity index (χ3n) is 4.58. The van der Waals surface area contributed by atoms with Gasteiger partial charge in [0.05, 0.1) is 23.4 Å². The van der Waals surface area contributed by atoms with Crippen molar-refractivity contribution in [3.05, 3.63) is 78.6 Å². The number of thioether (sulfide) groups is 1. The summed E-state index contributed by atoms with van der Waals surface area (Å²) in [5.41, 5.74) is 1.84. The van der Waals surface area contributed by atoms with Crippen molar-refractivity contribution in [1.82, 2.24) is 9.97 Å². The minimum atomic E-state index is 0.0522. The van der Waals surface area contributed by atoms with E-state index in [1.165, 1.54) is 11.3 Å². The zero-order chi connectivity index (χ0) is 21.5. The molecular weight excluding hydrogens is 426 g/mol. The topological polar surface area (TPSA) is 55.3 Å². The monoisotopic (exact) mass is 449 g/mol. The number of carbonyl (C=O) groups excluding carboxylic acids is 1. The highest BCUT2D eigenvalue weighted by atomic mass is 32.2. The van der Waals surface area contributed by atoms with E-state index in [1.54, 1.807) is 29.1 Å². The van der Waals surface area contributed by atoms with Gasteiger partial charge in [-0.25, -0.2) is 4.98 Å². The van der Waals surface area contributed by atoms with Crippen LogP contribution in [-0.2, 0) is 11.3 Å². The van der Waals surface area contributed by atoms with Gasteiger partial charge in [0, 0.05) is 29.5 Å². The summed E-state index contributed by atoms with van der Waals surface area (Å²) in [7, 11) is 0. The summed E-state index contributed by atoms with van der Waals surface area (Å²) in [5.74, 6) is 1.58. The first-order chi connectivity index (χ1) is 15.2. The molecular formula is C24H23N3O2S2. The summed E-state index contributed by atoms with van der Waals surface area (Å²) in [5, 5.41) is 0.696. The molecule has 158 valence electrons. The molecule has 2 aromatic heterocycles. The zero-order valence-corrected chi connectivity index (χ0v) is 18.9. The second-order valence-corrected chi connectivity index (χ2v) is 8.99. The fourth-order valence-corrected chi connectivity index (χ4v) is 4.98. The van der Waals surface area contributed by atoms with Crippen molar-refractivity contribution in [2.24, 2.45) is 0 Å². The molecule has 5 nitrogen and oxygen atoms in total. The Morgan fingerprint density at radius 3 is 2.77 bits per heavy atom.